The molecule has 48 heavy (non-hydrogen) atoms. The fourth-order valence-corrected chi connectivity index (χ4v) is 6.14. The number of phosphoric ester groups is 1. The molecule has 0 aromatic carbocycles. The van der Waals surface area contributed by atoms with Gasteiger partial charge in [0, 0.05) is 13.0 Å². The van der Waals surface area contributed by atoms with E-state index in [1.165, 1.54) is 122 Å². The van der Waals surface area contributed by atoms with E-state index in [4.69, 9.17) is 18.5 Å². The number of carbonyl (C=O) groups excluding carboxylic acids is 1. The molecule has 9 heteroatoms. The monoisotopic (exact) mass is 704 g/mol. The van der Waals surface area contributed by atoms with E-state index in [0.717, 1.165) is 32.1 Å². The number of likely N-dealkylation sites (N-methyl/N-ethyl adjacent to an activating group) is 1. The van der Waals surface area contributed by atoms with Gasteiger partial charge in [-0.15, -0.1) is 0 Å². The van der Waals surface area contributed by atoms with Crippen LogP contribution in [0.2, 0.25) is 0 Å². The summed E-state index contributed by atoms with van der Waals surface area (Å²) in [6.07, 6.45) is 33.5. The Bertz CT molecular complexity index is 787. The van der Waals surface area contributed by atoms with Gasteiger partial charge in [-0.3, -0.25) is 9.36 Å². The molecule has 0 aromatic rings. The lowest BCUT2D eigenvalue weighted by Gasteiger charge is -2.28. The molecule has 2 atom stereocenters. The van der Waals surface area contributed by atoms with Crippen molar-refractivity contribution in [2.75, 3.05) is 54.1 Å². The Morgan fingerprint density at radius 3 is 1.65 bits per heavy atom. The first kappa shape index (κ1) is 47.2. The molecule has 0 aliphatic carbocycles. The zero-order valence-corrected chi connectivity index (χ0v) is 33.1. The van der Waals surface area contributed by atoms with E-state index in [1.807, 2.05) is 21.1 Å². The van der Waals surface area contributed by atoms with Crippen molar-refractivity contribution >= 4 is 13.8 Å². The van der Waals surface area contributed by atoms with Crippen molar-refractivity contribution < 1.29 is 37.3 Å². The maximum atomic E-state index is 12.6. The van der Waals surface area contributed by atoms with Gasteiger partial charge in [-0.1, -0.05) is 148 Å². The lowest BCUT2D eigenvalue weighted by Crippen LogP contribution is -2.37. The molecule has 8 nitrogen and oxygen atoms in total. The minimum absolute atomic E-state index is 0.0278. The smallest absolute Gasteiger partial charge is 0.306 e. The van der Waals surface area contributed by atoms with Gasteiger partial charge >= 0.3 is 5.97 Å². The van der Waals surface area contributed by atoms with Gasteiger partial charge in [0.05, 0.1) is 34.4 Å². The molecule has 0 bridgehead atoms. The third-order valence-electron chi connectivity index (χ3n) is 8.57. The van der Waals surface area contributed by atoms with Crippen LogP contribution in [0.4, 0.5) is 0 Å². The quantitative estimate of drug-likeness (QED) is 0.0209. The predicted molar refractivity (Wildman–Crippen MR) is 199 cm³/mol. The zero-order valence-electron chi connectivity index (χ0n) is 32.2. The topological polar surface area (TPSA) is 94.1 Å². The molecule has 0 aliphatic heterocycles. The van der Waals surface area contributed by atoms with Crippen molar-refractivity contribution in [1.29, 1.82) is 0 Å². The van der Waals surface area contributed by atoms with Gasteiger partial charge in [-0.25, -0.2) is 0 Å². The van der Waals surface area contributed by atoms with Crippen LogP contribution in [0.5, 0.6) is 0 Å². The van der Waals surface area contributed by atoms with E-state index >= 15 is 0 Å². The second-order valence-corrected chi connectivity index (χ2v) is 16.1. The highest BCUT2D eigenvalue weighted by molar-refractivity contribution is 7.45. The maximum Gasteiger partial charge on any atom is 0.306 e. The molecule has 0 heterocycles. The molecule has 0 spiro atoms. The molecule has 0 radical (unpaired) electrons. The van der Waals surface area contributed by atoms with E-state index in [0.29, 0.717) is 24.1 Å². The van der Waals surface area contributed by atoms with Crippen LogP contribution in [-0.4, -0.2) is 70.7 Å². The lowest BCUT2D eigenvalue weighted by molar-refractivity contribution is -0.870. The van der Waals surface area contributed by atoms with E-state index in [-0.39, 0.29) is 25.8 Å². The predicted octanol–water partition coefficient (Wildman–Crippen LogP) is 10.5. The number of ether oxygens (including phenoxy) is 2. The van der Waals surface area contributed by atoms with E-state index in [1.54, 1.807) is 0 Å². The number of rotatable bonds is 37. The summed E-state index contributed by atoms with van der Waals surface area (Å²) in [4.78, 5) is 24.9. The summed E-state index contributed by atoms with van der Waals surface area (Å²) in [7, 11) is 1.36. The van der Waals surface area contributed by atoms with Gasteiger partial charge in [-0.2, -0.15) is 0 Å². The van der Waals surface area contributed by atoms with Crippen LogP contribution < -0.4 is 4.89 Å². The summed E-state index contributed by atoms with van der Waals surface area (Å²) in [5, 5.41) is 0. The Labute approximate surface area is 297 Å². The molecule has 0 aliphatic rings. The van der Waals surface area contributed by atoms with Gasteiger partial charge < -0.3 is 27.9 Å². The van der Waals surface area contributed by atoms with Crippen LogP contribution in [0, 0.1) is 0 Å². The Morgan fingerprint density at radius 2 is 1.10 bits per heavy atom. The third kappa shape index (κ3) is 36.5. The Kier molecular flexibility index (Phi) is 32.9. The highest BCUT2D eigenvalue weighted by Crippen LogP contribution is 2.38. The summed E-state index contributed by atoms with van der Waals surface area (Å²) in [5.41, 5.74) is 0. The Balaban J connectivity index is 4.27. The number of esters is 1. The number of carbonyl (C=O) groups is 1. The number of hydrogen-bond acceptors (Lipinski definition) is 7. The summed E-state index contributed by atoms with van der Waals surface area (Å²) in [6.45, 7) is 5.38. The molecular formula is C39H78NO7P. The summed E-state index contributed by atoms with van der Waals surface area (Å²) < 4.78 is 34.4. The van der Waals surface area contributed by atoms with Gasteiger partial charge in [0.25, 0.3) is 7.82 Å². The maximum absolute atomic E-state index is 12.6. The van der Waals surface area contributed by atoms with Crippen molar-refractivity contribution in [1.82, 2.24) is 0 Å². The Hall–Kier alpha value is -0.760. The highest BCUT2D eigenvalue weighted by atomic mass is 31.2. The molecule has 0 amide bonds. The van der Waals surface area contributed by atoms with E-state index < -0.39 is 13.9 Å². The van der Waals surface area contributed by atoms with Crippen LogP contribution in [0.15, 0.2) is 12.2 Å². The van der Waals surface area contributed by atoms with Crippen LogP contribution in [0.25, 0.3) is 0 Å². The molecule has 286 valence electrons. The van der Waals surface area contributed by atoms with Crippen LogP contribution in [0.1, 0.15) is 174 Å². The lowest BCUT2D eigenvalue weighted by atomic mass is 10.0. The van der Waals surface area contributed by atoms with Gasteiger partial charge in [0.2, 0.25) is 0 Å². The second-order valence-electron chi connectivity index (χ2n) is 14.6. The zero-order chi connectivity index (χ0) is 35.6. The molecule has 2 unspecified atom stereocenters. The number of allylic oxidation sites excluding steroid dienone is 2. The number of phosphoric acid groups is 1. The average molecular weight is 704 g/mol. The summed E-state index contributed by atoms with van der Waals surface area (Å²) in [5.74, 6) is -0.335. The molecule has 0 saturated heterocycles. The molecule has 0 saturated carbocycles. The van der Waals surface area contributed by atoms with Crippen LogP contribution >= 0.6 is 7.82 Å². The first-order valence-electron chi connectivity index (χ1n) is 19.9. The standard InChI is InChI=1S/C39H78NO7P/c1-6-8-10-12-14-16-18-20-21-22-24-26-28-30-32-39(41)47-38(37-46-48(42,43)45-35-33-40(3,4)5)36-44-34-31-29-27-25-23-19-17-15-13-11-9-7-2/h13,15,38H,6-12,14,16-37H2,1-5H3/b15-13-. The molecule has 0 aromatic heterocycles. The third-order valence-corrected chi connectivity index (χ3v) is 9.53. The average Bonchev–Trinajstić information content (AvgIpc) is 3.03. The van der Waals surface area contributed by atoms with Crippen molar-refractivity contribution in [3.63, 3.8) is 0 Å². The van der Waals surface area contributed by atoms with Crippen molar-refractivity contribution in [3.05, 3.63) is 12.2 Å². The van der Waals surface area contributed by atoms with Gasteiger partial charge in [0.15, 0.2) is 0 Å². The van der Waals surface area contributed by atoms with Gasteiger partial charge in [0.1, 0.15) is 19.3 Å². The van der Waals surface area contributed by atoms with Crippen LogP contribution in [0.3, 0.4) is 0 Å². The molecular weight excluding hydrogens is 625 g/mol. The normalized spacial score (nSPS) is 14.0. The van der Waals surface area contributed by atoms with Crippen molar-refractivity contribution in [3.8, 4) is 0 Å². The summed E-state index contributed by atoms with van der Waals surface area (Å²) >= 11 is 0. The van der Waals surface area contributed by atoms with Crippen LogP contribution in [-0.2, 0) is 27.9 Å². The number of unbranched alkanes of at least 4 members (excludes halogenated alkanes) is 21. The fraction of sp³-hybridized carbons (Fsp3) is 0.923. The largest absolute Gasteiger partial charge is 0.756 e. The summed E-state index contributed by atoms with van der Waals surface area (Å²) in [6, 6.07) is 0. The molecule has 0 fully saturated rings. The number of nitrogens with zero attached hydrogens (tertiary/aromatic N) is 1. The highest BCUT2D eigenvalue weighted by Gasteiger charge is 2.20. The van der Waals surface area contributed by atoms with Crippen molar-refractivity contribution in [2.45, 2.75) is 180 Å². The number of hydrogen-bond donors (Lipinski definition) is 0. The molecule has 0 N–H and O–H groups in total. The molecule has 0 rings (SSSR count). The first-order valence-corrected chi connectivity index (χ1v) is 21.4. The Morgan fingerprint density at radius 1 is 0.625 bits per heavy atom. The van der Waals surface area contributed by atoms with E-state index in [2.05, 4.69) is 26.0 Å². The van der Waals surface area contributed by atoms with Gasteiger partial charge in [-0.05, 0) is 32.1 Å². The minimum Gasteiger partial charge on any atom is -0.756 e. The second kappa shape index (κ2) is 33.4. The van der Waals surface area contributed by atoms with Crippen molar-refractivity contribution in [2.24, 2.45) is 0 Å². The fourth-order valence-electron chi connectivity index (χ4n) is 5.41. The number of quaternary nitrogens is 1. The SMILES string of the molecule is CCCC/C=C\CCCCCCCCOCC(COP(=O)([O-])OCC[N+](C)(C)C)OC(=O)CCCCCCCCCCCCCCCC. The first-order chi connectivity index (χ1) is 23.1. The van der Waals surface area contributed by atoms with E-state index in [9.17, 15) is 14.3 Å². The minimum atomic E-state index is -4.51.